The quantitative estimate of drug-likeness (QED) is 0.0205. The van der Waals surface area contributed by atoms with Gasteiger partial charge >= 0.3 is 5.97 Å². The Morgan fingerprint density at radius 1 is 0.549 bits per heavy atom. The zero-order valence-electron chi connectivity index (χ0n) is 51.5. The summed E-state index contributed by atoms with van der Waals surface area (Å²) in [6.07, 6.45) is -34.0. The summed E-state index contributed by atoms with van der Waals surface area (Å²) in [4.78, 5) is 51.3. The number of unbranched alkanes of at least 4 members (excludes halogenated alkanes) is 11. The highest BCUT2D eigenvalue weighted by atomic mass is 16.8. The van der Waals surface area contributed by atoms with E-state index in [0.29, 0.717) is 6.42 Å². The third-order valence-electron chi connectivity index (χ3n) is 16.6. The molecule has 5 rings (SSSR count). The molecule has 34 heteroatoms. The van der Waals surface area contributed by atoms with Gasteiger partial charge in [0.25, 0.3) is 5.79 Å². The average Bonchev–Trinajstić information content (AvgIpc) is 0.793. The molecule has 5 aliphatic heterocycles. The average molecular weight is 1320 g/mol. The number of aliphatic hydroxyl groups is 16. The number of nitrogens with one attached hydrogen (secondary N) is 3. The van der Waals surface area contributed by atoms with Crippen LogP contribution in [0.4, 0.5) is 0 Å². The van der Waals surface area contributed by atoms with Gasteiger partial charge in [0.2, 0.25) is 17.7 Å². The van der Waals surface area contributed by atoms with E-state index in [2.05, 4.69) is 22.9 Å². The number of hydrogen-bond acceptors (Lipinski definition) is 30. The van der Waals surface area contributed by atoms with Gasteiger partial charge in [-0.1, -0.05) is 83.3 Å². The van der Waals surface area contributed by atoms with Gasteiger partial charge in [-0.3, -0.25) is 14.4 Å². The number of carboxylic acid groups (broad SMARTS) is 1. The van der Waals surface area contributed by atoms with E-state index in [4.69, 9.17) is 47.4 Å². The topological polar surface area (TPSA) is 541 Å². The van der Waals surface area contributed by atoms with Gasteiger partial charge in [0, 0.05) is 27.2 Å². The molecule has 24 unspecified atom stereocenters. The van der Waals surface area contributed by atoms with Gasteiger partial charge in [0.15, 0.2) is 25.2 Å². The summed E-state index contributed by atoms with van der Waals surface area (Å²) in [6, 6.07) is -4.80. The van der Waals surface area contributed by atoms with Gasteiger partial charge < -0.3 is 150 Å². The highest BCUT2D eigenvalue weighted by Crippen LogP contribution is 2.41. The maximum Gasteiger partial charge on any atom is 0.364 e. The first kappa shape index (κ1) is 78.3. The van der Waals surface area contributed by atoms with Crippen molar-refractivity contribution in [2.45, 2.75) is 282 Å². The molecule has 0 aromatic heterocycles. The summed E-state index contributed by atoms with van der Waals surface area (Å²) in [5.74, 6) is -7.90. The monoisotopic (exact) mass is 1320 g/mol. The van der Waals surface area contributed by atoms with Crippen molar-refractivity contribution in [1.29, 1.82) is 0 Å². The number of allylic oxidation sites excluding steroid dienone is 1. The second-order valence-electron chi connectivity index (χ2n) is 23.7. The van der Waals surface area contributed by atoms with Crippen molar-refractivity contribution >= 4 is 23.7 Å². The maximum atomic E-state index is 13.7. The minimum Gasteiger partial charge on any atom is -0.477 e. The molecule has 528 valence electrons. The van der Waals surface area contributed by atoms with E-state index < -0.39 is 241 Å². The first-order valence-electron chi connectivity index (χ1n) is 31.0. The Labute approximate surface area is 525 Å². The van der Waals surface area contributed by atoms with E-state index in [1.807, 2.05) is 0 Å². The van der Waals surface area contributed by atoms with Crippen molar-refractivity contribution in [3.8, 4) is 0 Å². The molecule has 0 spiro atoms. The van der Waals surface area contributed by atoms with Gasteiger partial charge in [-0.2, -0.15) is 0 Å². The maximum absolute atomic E-state index is 13.7. The van der Waals surface area contributed by atoms with Gasteiger partial charge in [0.1, 0.15) is 116 Å². The van der Waals surface area contributed by atoms with Gasteiger partial charge in [0.05, 0.1) is 63.9 Å². The van der Waals surface area contributed by atoms with Crippen LogP contribution >= 0.6 is 0 Å². The first-order valence-corrected chi connectivity index (χ1v) is 31.0. The number of aliphatic carboxylic acids is 1. The molecule has 5 fully saturated rings. The van der Waals surface area contributed by atoms with E-state index in [0.717, 1.165) is 39.5 Å². The van der Waals surface area contributed by atoms with E-state index >= 15 is 0 Å². The number of carboxylic acids is 1. The predicted molar refractivity (Wildman–Crippen MR) is 304 cm³/mol. The summed E-state index contributed by atoms with van der Waals surface area (Å²) in [6.45, 7) is -0.770. The molecule has 0 aromatic rings. The molecule has 0 radical (unpaired) electrons. The number of ether oxygens (including phenoxy) is 10. The van der Waals surface area contributed by atoms with Gasteiger partial charge in [-0.15, -0.1) is 0 Å². The van der Waals surface area contributed by atoms with Crippen LogP contribution < -0.4 is 16.0 Å². The molecule has 5 saturated heterocycles. The molecule has 28 atom stereocenters. The Hall–Kier alpha value is -3.42. The van der Waals surface area contributed by atoms with Gasteiger partial charge in [-0.05, 0) is 12.8 Å². The second-order valence-corrected chi connectivity index (χ2v) is 23.7. The minimum atomic E-state index is -3.37. The molecule has 5 aliphatic rings. The summed E-state index contributed by atoms with van der Waals surface area (Å²) < 4.78 is 59.2. The van der Waals surface area contributed by atoms with Crippen molar-refractivity contribution in [2.24, 2.45) is 0 Å². The molecular weight excluding hydrogens is 1220 g/mol. The number of carbonyl (C=O) groups is 4. The molecule has 91 heavy (non-hydrogen) atoms. The Balaban J connectivity index is 1.44. The summed E-state index contributed by atoms with van der Waals surface area (Å²) in [5, 5.41) is 194. The Kier molecular flexibility index (Phi) is 32.5. The summed E-state index contributed by atoms with van der Waals surface area (Å²) in [5.41, 5.74) is 0. The fourth-order valence-electron chi connectivity index (χ4n) is 11.6. The Bertz CT molecular complexity index is 2210. The number of rotatable bonds is 36. The molecule has 34 nitrogen and oxygen atoms in total. The van der Waals surface area contributed by atoms with Crippen molar-refractivity contribution in [3.05, 3.63) is 12.2 Å². The molecule has 0 aromatic carbocycles. The molecular formula is C57H99N3O31. The van der Waals surface area contributed by atoms with Crippen LogP contribution in [0, 0.1) is 0 Å². The zero-order chi connectivity index (χ0) is 67.4. The van der Waals surface area contributed by atoms with Crippen LogP contribution in [0.5, 0.6) is 0 Å². The zero-order valence-corrected chi connectivity index (χ0v) is 51.5. The van der Waals surface area contributed by atoms with E-state index in [1.54, 1.807) is 6.08 Å². The molecule has 0 aliphatic carbocycles. The smallest absolute Gasteiger partial charge is 0.364 e. The number of carbonyl (C=O) groups excluding carboxylic acids is 3. The van der Waals surface area contributed by atoms with Gasteiger partial charge in [-0.25, -0.2) is 4.79 Å². The Morgan fingerprint density at radius 2 is 1.04 bits per heavy atom. The van der Waals surface area contributed by atoms with Crippen LogP contribution in [0.15, 0.2) is 12.2 Å². The second kappa shape index (κ2) is 37.8. The van der Waals surface area contributed by atoms with Crippen molar-refractivity contribution in [3.63, 3.8) is 0 Å². The fraction of sp³-hybridized carbons (Fsp3) is 0.895. The molecule has 5 heterocycles. The minimum absolute atomic E-state index is 0.540. The Morgan fingerprint density at radius 3 is 1.60 bits per heavy atom. The largest absolute Gasteiger partial charge is 0.477 e. The lowest BCUT2D eigenvalue weighted by Gasteiger charge is -2.52. The molecule has 3 amide bonds. The normalized spacial score (nSPS) is 38.6. The lowest BCUT2D eigenvalue weighted by molar-refractivity contribution is -0.403. The van der Waals surface area contributed by atoms with Crippen LogP contribution in [-0.2, 0) is 66.5 Å². The highest BCUT2D eigenvalue weighted by molar-refractivity contribution is 5.77. The van der Waals surface area contributed by atoms with E-state index in [-0.39, 0.29) is 0 Å². The third kappa shape index (κ3) is 21.0. The van der Waals surface area contributed by atoms with E-state index in [9.17, 15) is 106 Å². The molecule has 0 bridgehead atoms. The molecule has 20 N–H and O–H groups in total. The molecule has 0 saturated carbocycles. The fourth-order valence-corrected chi connectivity index (χ4v) is 11.6. The highest BCUT2D eigenvalue weighted by Gasteiger charge is 2.62. The van der Waals surface area contributed by atoms with Crippen molar-refractivity contribution in [1.82, 2.24) is 16.0 Å². The number of aliphatic hydroxyl groups excluding tert-OH is 16. The van der Waals surface area contributed by atoms with Crippen LogP contribution in [0.2, 0.25) is 0 Å². The summed E-state index contributed by atoms with van der Waals surface area (Å²) >= 11 is 0. The van der Waals surface area contributed by atoms with Crippen LogP contribution in [-0.4, -0.2) is 321 Å². The standard InChI is InChI=1S/C57H99N3O31/c1-5-6-7-8-9-10-11-12-13-14-15-16-17-18-30(69)29(58-26(2)66)25-82-53-45(78)43(76)47(35(23-64)85-53)87-55-46(79)51(91-57(56(80)81)19-31(70)37(59-27(3)67)50(90-57)39(72)32(71)20-61)48(36(24-65)86-55)88-52-38(60-28(4)68)49(41(74)34(22-63)83-52)89-54-44(77)42(75)40(73)33(21-62)84-54/h17-18,29-55,61-65,69-79H,5-16,19-25H2,1-4H3,(H,58,66)(H,59,67)(H,60,68)(H,80,81)/b18-17+/t29-,30-,31?,32+,33?,34?,35?,36?,37?,38?,39+,40?,41?,42?,43?,44?,45?,46?,47?,48?,49?,50?,51?,52?,53?,54?,55?,57?/m0/s1. The number of hydrogen-bond donors (Lipinski definition) is 20. The van der Waals surface area contributed by atoms with Crippen LogP contribution in [0.25, 0.3) is 0 Å². The first-order chi connectivity index (χ1) is 43.2. The van der Waals surface area contributed by atoms with Crippen molar-refractivity contribution in [2.75, 3.05) is 39.6 Å². The predicted octanol–water partition coefficient (Wildman–Crippen LogP) is -7.28. The van der Waals surface area contributed by atoms with Crippen molar-refractivity contribution < 1.29 is 153 Å². The van der Waals surface area contributed by atoms with Crippen LogP contribution in [0.1, 0.15) is 111 Å². The number of amides is 3. The SMILES string of the molecule is CCCCCCCCCCCCC/C=C/[C@H](O)[C@H](COC1OC(CO)C(OC2OC(CO)C(OC3OC(CO)C(O)C(OC4OC(CO)C(O)C(O)C4O)C3NC(C)=O)C(OC3(C(=O)O)CC(O)C(NC(C)=O)C([C@H](O)[C@H](O)CO)O3)C2O)C(O)C1O)NC(C)=O. The van der Waals surface area contributed by atoms with E-state index in [1.165, 1.54) is 57.9 Å². The third-order valence-corrected chi connectivity index (χ3v) is 16.6. The van der Waals surface area contributed by atoms with Crippen LogP contribution in [0.3, 0.4) is 0 Å². The lowest BCUT2D eigenvalue weighted by atomic mass is 9.88. The summed E-state index contributed by atoms with van der Waals surface area (Å²) in [7, 11) is 0. The lowest BCUT2D eigenvalue weighted by Crippen LogP contribution is -2.72.